The molecule has 44 heavy (non-hydrogen) atoms. The van der Waals surface area contributed by atoms with Gasteiger partial charge in [-0.3, -0.25) is 0 Å². The van der Waals surface area contributed by atoms with E-state index in [2.05, 4.69) is 0 Å². The summed E-state index contributed by atoms with van der Waals surface area (Å²) in [6.07, 6.45) is 2.55. The second kappa shape index (κ2) is 16.7. The van der Waals surface area contributed by atoms with Gasteiger partial charge in [0.2, 0.25) is 20.0 Å². The van der Waals surface area contributed by atoms with Crippen LogP contribution in [0.25, 0.3) is 0 Å². The fourth-order valence-corrected chi connectivity index (χ4v) is 14.9. The van der Waals surface area contributed by atoms with E-state index in [0.29, 0.717) is 12.8 Å². The molecule has 10 heteroatoms. The Balaban J connectivity index is 1.85. The van der Waals surface area contributed by atoms with Crippen molar-refractivity contribution in [1.82, 2.24) is 8.15 Å². The van der Waals surface area contributed by atoms with Crippen molar-refractivity contribution in [3.05, 3.63) is 121 Å². The summed E-state index contributed by atoms with van der Waals surface area (Å²) >= 11 is 0. The lowest BCUT2D eigenvalue weighted by Gasteiger charge is -2.36. The normalized spacial score (nSPS) is 12.4. The first kappa shape index (κ1) is 34.4. The van der Waals surface area contributed by atoms with Gasteiger partial charge in [-0.2, -0.15) is 8.15 Å². The summed E-state index contributed by atoms with van der Waals surface area (Å²) in [5.74, 6) is 0.0213. The quantitative estimate of drug-likeness (QED) is 0.131. The van der Waals surface area contributed by atoms with Gasteiger partial charge in [0.1, 0.15) is 0 Å². The van der Waals surface area contributed by atoms with Gasteiger partial charge in [0.05, 0.1) is 11.5 Å². The molecule has 4 rings (SSSR count). The summed E-state index contributed by atoms with van der Waals surface area (Å²) in [5, 5.41) is 3.62. The highest BCUT2D eigenvalue weighted by molar-refractivity contribution is 7.97. The molecular weight excluding hydrogens is 626 g/mol. The summed E-state index contributed by atoms with van der Waals surface area (Å²) in [5.41, 5.74) is 0. The molecule has 0 spiro atoms. The first-order chi connectivity index (χ1) is 21.3. The first-order valence-electron chi connectivity index (χ1n) is 15.1. The van der Waals surface area contributed by atoms with Crippen molar-refractivity contribution in [2.45, 2.75) is 39.5 Å². The summed E-state index contributed by atoms with van der Waals surface area (Å²) in [4.78, 5) is 0. The van der Waals surface area contributed by atoms with E-state index < -0.39 is 36.2 Å². The summed E-state index contributed by atoms with van der Waals surface area (Å²) < 4.78 is 60.0. The highest BCUT2D eigenvalue weighted by Gasteiger charge is 2.37. The number of unbranched alkanes of at least 4 members (excludes halogenated alkanes) is 2. The zero-order valence-corrected chi connectivity index (χ0v) is 28.9. The molecule has 0 aromatic heterocycles. The molecule has 0 aliphatic rings. The number of rotatable bonds is 17. The molecule has 0 saturated carbocycles. The fraction of sp³-hybridized carbons (Fsp3) is 0.294. The van der Waals surface area contributed by atoms with Crippen molar-refractivity contribution >= 4 is 57.4 Å². The van der Waals surface area contributed by atoms with Crippen LogP contribution in [0.2, 0.25) is 0 Å². The molecule has 4 aromatic rings. The Bertz CT molecular complexity index is 1420. The van der Waals surface area contributed by atoms with Gasteiger partial charge in [0, 0.05) is 29.2 Å². The lowest BCUT2D eigenvalue weighted by atomic mass is 10.4. The Labute approximate surface area is 266 Å². The van der Waals surface area contributed by atoms with Crippen LogP contribution in [0.4, 0.5) is 0 Å². The van der Waals surface area contributed by atoms with Crippen LogP contribution in [0, 0.1) is 0 Å². The van der Waals surface area contributed by atoms with E-state index in [-0.39, 0.29) is 24.6 Å². The molecule has 0 amide bonds. The van der Waals surface area contributed by atoms with Gasteiger partial charge in [-0.15, -0.1) is 0 Å². The van der Waals surface area contributed by atoms with E-state index in [1.54, 1.807) is 8.15 Å². The van der Waals surface area contributed by atoms with Crippen LogP contribution in [0.3, 0.4) is 0 Å². The molecule has 0 N–H and O–H groups in total. The third kappa shape index (κ3) is 9.06. The minimum absolute atomic E-state index is 0.0106. The number of benzene rings is 4. The van der Waals surface area contributed by atoms with Crippen molar-refractivity contribution in [2.24, 2.45) is 0 Å². The minimum Gasteiger partial charge on any atom is -0.212 e. The second-order valence-corrected chi connectivity index (χ2v) is 19.2. The third-order valence-electron chi connectivity index (χ3n) is 7.09. The monoisotopic (exact) mass is 668 g/mol. The molecule has 4 aromatic carbocycles. The number of hydrogen-bond donors (Lipinski definition) is 0. The lowest BCUT2D eigenvalue weighted by molar-refractivity contribution is 0.496. The van der Waals surface area contributed by atoms with Gasteiger partial charge in [0.15, 0.2) is 0 Å². The second-order valence-electron chi connectivity index (χ2n) is 10.4. The van der Waals surface area contributed by atoms with Gasteiger partial charge in [-0.05, 0) is 34.1 Å². The Hall–Kier alpha value is -2.44. The molecule has 0 bridgehead atoms. The van der Waals surface area contributed by atoms with Crippen molar-refractivity contribution in [2.75, 3.05) is 24.6 Å². The number of nitrogens with zero attached hydrogens (tertiary/aromatic N) is 2. The highest BCUT2D eigenvalue weighted by atomic mass is 32.2. The van der Waals surface area contributed by atoms with Gasteiger partial charge in [-0.25, -0.2) is 16.8 Å². The third-order valence-corrected chi connectivity index (χ3v) is 17.3. The van der Waals surface area contributed by atoms with Crippen LogP contribution in [0.5, 0.6) is 0 Å². The van der Waals surface area contributed by atoms with Crippen LogP contribution in [-0.2, 0) is 20.0 Å². The average Bonchev–Trinajstić information content (AvgIpc) is 3.05. The standard InChI is InChI=1S/C34H42N2O4P2S2/c1-3-5-29-43(37,38)35(41(31-19-11-7-12-20-31)32-21-13-8-14-22-32)27-28-36(44(39,40)30-6-4-2)42(33-23-15-9-16-24-33)34-25-17-10-18-26-34/h7-26H,3-6,27-30H2,1-2H3. The Morgan fingerprint density at radius 2 is 0.705 bits per heavy atom. The summed E-state index contributed by atoms with van der Waals surface area (Å²) in [6.45, 7) is 4.05. The maximum absolute atomic E-state index is 14.2. The van der Waals surface area contributed by atoms with Crippen LogP contribution < -0.4 is 21.2 Å². The molecule has 0 radical (unpaired) electrons. The summed E-state index contributed by atoms with van der Waals surface area (Å²) in [7, 11) is -10.5. The number of hydrogen-bond acceptors (Lipinski definition) is 4. The predicted octanol–water partition coefficient (Wildman–Crippen LogP) is 5.95. The van der Waals surface area contributed by atoms with E-state index in [9.17, 15) is 16.8 Å². The topological polar surface area (TPSA) is 74.8 Å². The molecule has 0 fully saturated rings. The Morgan fingerprint density at radius 3 is 0.932 bits per heavy atom. The molecule has 234 valence electrons. The predicted molar refractivity (Wildman–Crippen MR) is 189 cm³/mol. The first-order valence-corrected chi connectivity index (χ1v) is 20.9. The number of sulfonamides is 2. The van der Waals surface area contributed by atoms with Crippen LogP contribution in [0.15, 0.2) is 121 Å². The van der Waals surface area contributed by atoms with Gasteiger partial charge in [-0.1, -0.05) is 148 Å². The molecule has 0 heterocycles. The largest absolute Gasteiger partial charge is 0.218 e. The maximum atomic E-state index is 14.2. The highest BCUT2D eigenvalue weighted by Crippen LogP contribution is 2.44. The molecular formula is C34H42N2O4P2S2. The van der Waals surface area contributed by atoms with Gasteiger partial charge in [0.25, 0.3) is 0 Å². The molecule has 0 aliphatic heterocycles. The average molecular weight is 669 g/mol. The fourth-order valence-electron chi connectivity index (χ4n) is 4.85. The Morgan fingerprint density at radius 1 is 0.455 bits per heavy atom. The molecule has 0 saturated heterocycles. The molecule has 6 nitrogen and oxygen atoms in total. The zero-order valence-electron chi connectivity index (χ0n) is 25.4. The van der Waals surface area contributed by atoms with E-state index in [1.165, 1.54) is 0 Å². The van der Waals surface area contributed by atoms with Crippen LogP contribution in [-0.4, -0.2) is 49.6 Å². The van der Waals surface area contributed by atoms with E-state index >= 15 is 0 Å². The van der Waals surface area contributed by atoms with Crippen molar-refractivity contribution in [1.29, 1.82) is 0 Å². The van der Waals surface area contributed by atoms with E-state index in [0.717, 1.165) is 34.1 Å². The van der Waals surface area contributed by atoms with Crippen molar-refractivity contribution in [3.8, 4) is 0 Å². The SMILES string of the molecule is CCCCS(=O)(=O)N(CCN(P(c1ccccc1)c1ccccc1)S(=O)(=O)CCCC)P(c1ccccc1)c1ccccc1. The van der Waals surface area contributed by atoms with Crippen molar-refractivity contribution in [3.63, 3.8) is 0 Å². The summed E-state index contributed by atoms with van der Waals surface area (Å²) in [6, 6.07) is 38.9. The van der Waals surface area contributed by atoms with Crippen molar-refractivity contribution < 1.29 is 16.8 Å². The zero-order chi connectivity index (χ0) is 31.4. The van der Waals surface area contributed by atoms with Gasteiger partial charge >= 0.3 is 0 Å². The molecule has 0 unspecified atom stereocenters. The van der Waals surface area contributed by atoms with Gasteiger partial charge < -0.3 is 0 Å². The molecule has 0 aliphatic carbocycles. The lowest BCUT2D eigenvalue weighted by Crippen LogP contribution is -2.43. The van der Waals surface area contributed by atoms with Crippen LogP contribution >= 0.6 is 16.1 Å². The van der Waals surface area contributed by atoms with Crippen LogP contribution in [0.1, 0.15) is 39.5 Å². The van der Waals surface area contributed by atoms with E-state index in [4.69, 9.17) is 0 Å². The Kier molecular flexibility index (Phi) is 13.1. The minimum atomic E-state index is -3.75. The molecule has 0 atom stereocenters. The van der Waals surface area contributed by atoms with E-state index in [1.807, 2.05) is 135 Å². The smallest absolute Gasteiger partial charge is 0.212 e. The maximum Gasteiger partial charge on any atom is 0.218 e.